The van der Waals surface area contributed by atoms with E-state index in [0.29, 0.717) is 11.4 Å². The van der Waals surface area contributed by atoms with Crippen LogP contribution in [0.2, 0.25) is 0 Å². The van der Waals surface area contributed by atoms with Crippen LogP contribution in [0.5, 0.6) is 0 Å². The Kier molecular flexibility index (Phi) is 10.7. The van der Waals surface area contributed by atoms with Crippen molar-refractivity contribution in [3.05, 3.63) is 102 Å². The number of alkyl halides is 3. The minimum absolute atomic E-state index is 0.194. The molecular weight excluding hydrogens is 562 g/mol. The van der Waals surface area contributed by atoms with Gasteiger partial charge in [-0.3, -0.25) is 4.98 Å². The van der Waals surface area contributed by atoms with Crippen molar-refractivity contribution in [3.8, 4) is 0 Å². The van der Waals surface area contributed by atoms with Gasteiger partial charge in [0.25, 0.3) is 0 Å². The molecule has 3 aromatic rings. The van der Waals surface area contributed by atoms with E-state index in [0.717, 1.165) is 45.8 Å². The van der Waals surface area contributed by atoms with E-state index in [2.05, 4.69) is 19.1 Å². The second-order valence-electron chi connectivity index (χ2n) is 8.68. The molecule has 0 spiro atoms. The van der Waals surface area contributed by atoms with E-state index in [1.807, 2.05) is 64.1 Å². The van der Waals surface area contributed by atoms with Crippen LogP contribution in [0.3, 0.4) is 0 Å². The molecule has 3 nitrogen and oxygen atoms in total. The van der Waals surface area contributed by atoms with Crippen LogP contribution in [0.4, 0.5) is 24.5 Å². The Labute approximate surface area is 232 Å². The Morgan fingerprint density at radius 3 is 1.32 bits per heavy atom. The first kappa shape index (κ1) is 30.8. The third kappa shape index (κ3) is 7.32. The maximum absolute atomic E-state index is 13.9. The van der Waals surface area contributed by atoms with E-state index < -0.39 is 11.7 Å². The van der Waals surface area contributed by atoms with Gasteiger partial charge < -0.3 is 9.15 Å². The Bertz CT molecular complexity index is 1220. The number of halogens is 5. The molecule has 200 valence electrons. The molecule has 1 heterocycles. The van der Waals surface area contributed by atoms with Crippen LogP contribution in [0.1, 0.15) is 53.1 Å². The van der Waals surface area contributed by atoms with Crippen LogP contribution >= 0.6 is 20.2 Å². The van der Waals surface area contributed by atoms with Crippen LogP contribution in [-0.2, 0) is 19.3 Å². The number of pyridine rings is 1. The quantitative estimate of drug-likeness (QED) is 0.129. The number of aryl methyl sites for hydroxylation is 4. The fourth-order valence-corrected chi connectivity index (χ4v) is 4.14. The standard InChI is InChI=1S/C28H30F3N3.2ClH.Fe/c1-17-11-9-12-18(2)26(17)33(7)21(5)24-15-23(28(29,30)31)16-25(32-24)22(6)34(8)27-19(3)13-10-14-20(27)4;;;/h9-16H,7-8H2,1-6H3;2*1H;/q;;;+2/p-2. The molecule has 0 radical (unpaired) electrons. The third-order valence-electron chi connectivity index (χ3n) is 6.12. The van der Waals surface area contributed by atoms with Gasteiger partial charge in [-0.2, -0.15) is 13.2 Å². The molecule has 2 aromatic carbocycles. The molecule has 0 aliphatic carbocycles. The zero-order valence-electron chi connectivity index (χ0n) is 21.6. The van der Waals surface area contributed by atoms with Gasteiger partial charge >= 0.3 is 39.5 Å². The molecule has 0 unspecified atom stereocenters. The zero-order valence-corrected chi connectivity index (χ0v) is 24.2. The summed E-state index contributed by atoms with van der Waals surface area (Å²) in [5, 5.41) is 0. The first-order valence-corrected chi connectivity index (χ1v) is 14.2. The Morgan fingerprint density at radius 2 is 1.05 bits per heavy atom. The van der Waals surface area contributed by atoms with Crippen molar-refractivity contribution in [2.45, 2.75) is 47.7 Å². The summed E-state index contributed by atoms with van der Waals surface area (Å²) in [4.78, 5) is 4.62. The second kappa shape index (κ2) is 12.9. The van der Waals surface area contributed by atoms with Gasteiger partial charge in [-0.1, -0.05) is 36.4 Å². The predicted octanol–water partition coefficient (Wildman–Crippen LogP) is 8.60. The van der Waals surface area contributed by atoms with E-state index in [1.54, 1.807) is 23.0 Å². The molecule has 0 fully saturated rings. The van der Waals surface area contributed by atoms with Gasteiger partial charge in [-0.15, -0.1) is 0 Å². The molecule has 0 amide bonds. The predicted molar refractivity (Wildman–Crippen MR) is 143 cm³/mol. The normalized spacial score (nSPS) is 12.9. The van der Waals surface area contributed by atoms with Crippen molar-refractivity contribution in [2.24, 2.45) is 0 Å². The average molecular weight is 592 g/mol. The maximum atomic E-state index is 13.9. The minimum atomic E-state index is -4.53. The fraction of sp³-hybridized carbons (Fsp3) is 0.250. The van der Waals surface area contributed by atoms with Gasteiger partial charge in [-0.25, -0.2) is 0 Å². The molecule has 0 aliphatic heterocycles. The van der Waals surface area contributed by atoms with Crippen LogP contribution in [0.25, 0.3) is 0 Å². The summed E-state index contributed by atoms with van der Waals surface area (Å²) in [7, 11) is 17.8. The summed E-state index contributed by atoms with van der Waals surface area (Å²) in [6.45, 7) is 11.2. The summed E-state index contributed by atoms with van der Waals surface area (Å²) >= 11 is 0.194. The average Bonchev–Trinajstić information content (AvgIpc) is 2.82. The summed E-state index contributed by atoms with van der Waals surface area (Å²) in [6.07, 6.45) is -4.53. The SMILES string of the molecule is [CH2-][N+](=C(C)c1cc(C(F)(F)F)cc(C(C)=[N+]([CH2-])c2c(C)cccc2C)n1)c1c(C)cccc1C.[Cl][Fe][Cl]. The van der Waals surface area contributed by atoms with E-state index in [9.17, 15) is 13.2 Å². The van der Waals surface area contributed by atoms with Gasteiger partial charge in [0.15, 0.2) is 0 Å². The molecule has 0 N–H and O–H groups in total. The monoisotopic (exact) mass is 591 g/mol. The molecular formula is C28H30Cl2F3FeN3. The summed E-state index contributed by atoms with van der Waals surface area (Å²) in [5.74, 6) is 0. The van der Waals surface area contributed by atoms with Crippen LogP contribution < -0.4 is 0 Å². The molecule has 0 saturated heterocycles. The molecule has 3 rings (SSSR count). The molecule has 9 heteroatoms. The van der Waals surface area contributed by atoms with Crippen molar-refractivity contribution in [2.75, 3.05) is 0 Å². The van der Waals surface area contributed by atoms with E-state index in [-0.39, 0.29) is 24.5 Å². The Hall–Kier alpha value is -2.44. The van der Waals surface area contributed by atoms with Gasteiger partial charge in [0.05, 0.1) is 17.0 Å². The zero-order chi connectivity index (χ0) is 28.1. The molecule has 0 bridgehead atoms. The topological polar surface area (TPSA) is 18.9 Å². The molecule has 1 aromatic heterocycles. The summed E-state index contributed by atoms with van der Waals surface area (Å²) in [6, 6.07) is 13.8. The fourth-order valence-electron chi connectivity index (χ4n) is 4.14. The van der Waals surface area contributed by atoms with Crippen molar-refractivity contribution in [1.82, 2.24) is 4.98 Å². The second-order valence-corrected chi connectivity index (χ2v) is 10.5. The van der Waals surface area contributed by atoms with Crippen molar-refractivity contribution in [3.63, 3.8) is 0 Å². The number of benzene rings is 2. The van der Waals surface area contributed by atoms with E-state index >= 15 is 0 Å². The van der Waals surface area contributed by atoms with Crippen LogP contribution in [0.15, 0.2) is 48.5 Å². The molecule has 37 heavy (non-hydrogen) atoms. The number of hydrogen-bond donors (Lipinski definition) is 0. The van der Waals surface area contributed by atoms with E-state index in [1.165, 1.54) is 0 Å². The number of nitrogens with zero attached hydrogens (tertiary/aromatic N) is 3. The Morgan fingerprint density at radius 1 is 0.757 bits per heavy atom. The van der Waals surface area contributed by atoms with Crippen molar-refractivity contribution >= 4 is 43.0 Å². The van der Waals surface area contributed by atoms with Crippen LogP contribution in [-0.4, -0.2) is 25.6 Å². The summed E-state index contributed by atoms with van der Waals surface area (Å²) < 4.78 is 44.9. The number of hydrogen-bond acceptors (Lipinski definition) is 1. The molecule has 0 aliphatic rings. The van der Waals surface area contributed by atoms with Gasteiger partial charge in [0.2, 0.25) is 0 Å². The van der Waals surface area contributed by atoms with Crippen molar-refractivity contribution in [1.29, 1.82) is 0 Å². The summed E-state index contributed by atoms with van der Waals surface area (Å²) in [5.41, 5.74) is 6.26. The van der Waals surface area contributed by atoms with Gasteiger partial charge in [0, 0.05) is 14.1 Å². The Balaban J connectivity index is 0.00000153. The number of aromatic nitrogens is 1. The molecule has 0 saturated carbocycles. The molecule has 0 atom stereocenters. The number of para-hydroxylation sites is 2. The first-order chi connectivity index (χ1) is 17.2. The van der Waals surface area contributed by atoms with Crippen LogP contribution in [0, 0.1) is 41.8 Å². The van der Waals surface area contributed by atoms with E-state index in [4.69, 9.17) is 20.2 Å². The first-order valence-electron chi connectivity index (χ1n) is 11.2. The van der Waals surface area contributed by atoms with Gasteiger partial charge in [0.1, 0.15) is 22.8 Å². The van der Waals surface area contributed by atoms with Gasteiger partial charge in [-0.05, 0) is 75.9 Å². The van der Waals surface area contributed by atoms with Crippen molar-refractivity contribution < 1.29 is 35.5 Å². The third-order valence-corrected chi connectivity index (χ3v) is 6.12. The number of rotatable bonds is 4.